The largest absolute Gasteiger partial charge is 0.234 e. The number of nitrogens with zero attached hydrogens (tertiary/aromatic N) is 1. The van der Waals surface area contributed by atoms with Crippen LogP contribution in [0.2, 0.25) is 0 Å². The van der Waals surface area contributed by atoms with E-state index in [0.717, 1.165) is 0 Å². The molecule has 0 aliphatic heterocycles. The first-order chi connectivity index (χ1) is 1.91. The van der Waals surface area contributed by atoms with Crippen LogP contribution >= 0.6 is 0 Å². The fourth-order valence-electron chi connectivity index (χ4n) is 0. The average molecular weight is 64.0 g/mol. The third-order valence-electron chi connectivity index (χ3n) is 0.0913. The molecule has 0 aromatic heterocycles. The molecule has 0 heterocycles. The molecule has 2 nitrogen and oxygen atoms in total. The summed E-state index contributed by atoms with van der Waals surface area (Å²) in [7, 11) is 1.38. The number of rotatable bonds is 0. The van der Waals surface area contributed by atoms with E-state index in [0.29, 0.717) is 0 Å². The molecule has 0 saturated heterocycles. The van der Waals surface area contributed by atoms with Crippen molar-refractivity contribution in [2.24, 2.45) is 4.99 Å². The van der Waals surface area contributed by atoms with Gasteiger partial charge in [-0.3, -0.25) is 0 Å². The van der Waals surface area contributed by atoms with E-state index in [1.54, 1.807) is 0 Å². The number of hydrogen-bond acceptors (Lipinski definition) is 2. The first kappa shape index (κ1) is 8.88. The van der Waals surface area contributed by atoms with Crippen LogP contribution < -0.4 is 0 Å². The Morgan fingerprint density at radius 2 is 2.00 bits per heavy atom. The summed E-state index contributed by atoms with van der Waals surface area (Å²) in [6.07, 6.45) is 1.31. The molecule has 0 aliphatic rings. The molecule has 23 valence electrons. The van der Waals surface area contributed by atoms with Crippen LogP contribution in [-0.4, -0.2) is 32.0 Å². The summed E-state index contributed by atoms with van der Waals surface area (Å²) in [6, 6.07) is 0. The third-order valence-corrected chi connectivity index (χ3v) is 0.0913. The van der Waals surface area contributed by atoms with Crippen molar-refractivity contribution in [1.29, 1.82) is 0 Å². The summed E-state index contributed by atoms with van der Waals surface area (Å²) in [5, 5.41) is 0. The average Bonchev–Trinajstić information content (AvgIpc) is 1.37. The molecule has 0 spiro atoms. The smallest absolute Gasteiger partial charge is 0.211 e. The standard InChI is InChI=1S/C2H3NO.Li/c1-3-2-4;/h1H3;. The molecular formula is C2H3LiNO. The monoisotopic (exact) mass is 64.0 g/mol. The van der Waals surface area contributed by atoms with Crippen molar-refractivity contribution in [2.45, 2.75) is 0 Å². The number of aliphatic imine (C=N–C) groups is 1. The van der Waals surface area contributed by atoms with Gasteiger partial charge in [-0.05, 0) is 0 Å². The van der Waals surface area contributed by atoms with Gasteiger partial charge in [0.2, 0.25) is 6.08 Å². The molecule has 1 radical (unpaired) electrons. The van der Waals surface area contributed by atoms with Gasteiger partial charge in [0, 0.05) is 25.9 Å². The van der Waals surface area contributed by atoms with E-state index in [2.05, 4.69) is 4.99 Å². The second kappa shape index (κ2) is 9.02. The van der Waals surface area contributed by atoms with Gasteiger partial charge < -0.3 is 0 Å². The molecule has 0 fully saturated rings. The van der Waals surface area contributed by atoms with Crippen molar-refractivity contribution in [3.63, 3.8) is 0 Å². The molecule has 0 saturated carbocycles. The van der Waals surface area contributed by atoms with Crippen LogP contribution in [0.4, 0.5) is 0 Å². The van der Waals surface area contributed by atoms with E-state index in [4.69, 9.17) is 4.79 Å². The third kappa shape index (κ3) is 16.3. The molecule has 5 heavy (non-hydrogen) atoms. The van der Waals surface area contributed by atoms with Gasteiger partial charge in [-0.1, -0.05) is 0 Å². The summed E-state index contributed by atoms with van der Waals surface area (Å²) < 4.78 is 0. The molecule has 0 aromatic rings. The maximum atomic E-state index is 8.88. The minimum absolute atomic E-state index is 0. The van der Waals surface area contributed by atoms with Gasteiger partial charge in [0.25, 0.3) is 0 Å². The van der Waals surface area contributed by atoms with Crippen molar-refractivity contribution in [3.8, 4) is 0 Å². The number of hydrogen-bond donors (Lipinski definition) is 0. The molecular weight excluding hydrogens is 61.0 g/mol. The molecule has 3 heteroatoms. The van der Waals surface area contributed by atoms with E-state index in [1.807, 2.05) is 0 Å². The van der Waals surface area contributed by atoms with Crippen molar-refractivity contribution in [1.82, 2.24) is 0 Å². The first-order valence-corrected chi connectivity index (χ1v) is 0.875. The van der Waals surface area contributed by atoms with Crippen LogP contribution in [0.15, 0.2) is 4.99 Å². The topological polar surface area (TPSA) is 29.4 Å². The van der Waals surface area contributed by atoms with Gasteiger partial charge in [0.1, 0.15) is 0 Å². The van der Waals surface area contributed by atoms with Crippen LogP contribution in [0.1, 0.15) is 0 Å². The van der Waals surface area contributed by atoms with Crippen molar-refractivity contribution in [2.75, 3.05) is 7.05 Å². The zero-order valence-corrected chi connectivity index (χ0v) is 3.36. The molecule has 0 rings (SSSR count). The van der Waals surface area contributed by atoms with Gasteiger partial charge in [-0.15, -0.1) is 0 Å². The van der Waals surface area contributed by atoms with Gasteiger partial charge >= 0.3 is 0 Å². The molecule has 0 aliphatic carbocycles. The Hall–Kier alpha value is -0.0226. The Bertz CT molecular complexity index is 47.6. The fraction of sp³-hybridized carbons (Fsp3) is 0.500. The van der Waals surface area contributed by atoms with Crippen LogP contribution in [0, 0.1) is 0 Å². The zero-order valence-electron chi connectivity index (χ0n) is 3.36. The number of isocyanates is 1. The Kier molecular flexibility index (Phi) is 16.0. The second-order valence-corrected chi connectivity index (χ2v) is 0.315. The quantitative estimate of drug-likeness (QED) is 0.213. The van der Waals surface area contributed by atoms with Crippen molar-refractivity contribution < 1.29 is 4.79 Å². The fourth-order valence-corrected chi connectivity index (χ4v) is 0. The minimum atomic E-state index is 0. The maximum absolute atomic E-state index is 8.88. The molecule has 0 aromatic carbocycles. The predicted molar refractivity (Wildman–Crippen MR) is 19.8 cm³/mol. The van der Waals surface area contributed by atoms with Gasteiger partial charge in [0.05, 0.1) is 0 Å². The molecule has 0 atom stereocenters. The summed E-state index contributed by atoms with van der Waals surface area (Å²) in [5.74, 6) is 0. The normalized spacial score (nSPS) is 3.40. The SMILES string of the molecule is CN=C=O.[Li]. The van der Waals surface area contributed by atoms with E-state index in [1.165, 1.54) is 13.1 Å². The summed E-state index contributed by atoms with van der Waals surface area (Å²) >= 11 is 0. The molecule has 0 bridgehead atoms. The van der Waals surface area contributed by atoms with Crippen molar-refractivity contribution in [3.05, 3.63) is 0 Å². The Labute approximate surface area is 42.5 Å². The van der Waals surface area contributed by atoms with Gasteiger partial charge in [0.15, 0.2) is 0 Å². The van der Waals surface area contributed by atoms with E-state index >= 15 is 0 Å². The van der Waals surface area contributed by atoms with Gasteiger partial charge in [-0.2, -0.15) is 0 Å². The van der Waals surface area contributed by atoms with Gasteiger partial charge in [-0.25, -0.2) is 9.79 Å². The van der Waals surface area contributed by atoms with Crippen molar-refractivity contribution >= 4 is 24.9 Å². The summed E-state index contributed by atoms with van der Waals surface area (Å²) in [6.45, 7) is 0. The van der Waals surface area contributed by atoms with E-state index < -0.39 is 0 Å². The Morgan fingerprint density at radius 1 is 1.80 bits per heavy atom. The second-order valence-electron chi connectivity index (χ2n) is 0.315. The maximum Gasteiger partial charge on any atom is 0.234 e. The van der Waals surface area contributed by atoms with E-state index in [-0.39, 0.29) is 18.9 Å². The molecule has 0 amide bonds. The molecule has 0 unspecified atom stereocenters. The van der Waals surface area contributed by atoms with E-state index in [9.17, 15) is 0 Å². The Morgan fingerprint density at radius 3 is 2.00 bits per heavy atom. The predicted octanol–water partition coefficient (Wildman–Crippen LogP) is -0.429. The summed E-state index contributed by atoms with van der Waals surface area (Å²) in [5.41, 5.74) is 0. The first-order valence-electron chi connectivity index (χ1n) is 0.875. The zero-order chi connectivity index (χ0) is 3.41. The van der Waals surface area contributed by atoms with Crippen LogP contribution in [0.25, 0.3) is 0 Å². The number of carbonyl (C=O) groups excluding carboxylic acids is 1. The Balaban J connectivity index is 0. The molecule has 0 N–H and O–H groups in total. The van der Waals surface area contributed by atoms with Crippen LogP contribution in [-0.2, 0) is 4.79 Å². The van der Waals surface area contributed by atoms with Crippen LogP contribution in [0.5, 0.6) is 0 Å². The summed E-state index contributed by atoms with van der Waals surface area (Å²) in [4.78, 5) is 11.8. The van der Waals surface area contributed by atoms with Crippen LogP contribution in [0.3, 0.4) is 0 Å². The minimum Gasteiger partial charge on any atom is -0.211 e.